The van der Waals surface area contributed by atoms with Gasteiger partial charge in [0.05, 0.1) is 4.92 Å². The molecule has 0 radical (unpaired) electrons. The van der Waals surface area contributed by atoms with Crippen molar-refractivity contribution in [3.8, 4) is 0 Å². The molecule has 9 heteroatoms. The molecular weight excluding hydrogens is 360 g/mol. The number of hydrogen-bond acceptors (Lipinski definition) is 7. The molecule has 0 bridgehead atoms. The van der Waals surface area contributed by atoms with Crippen LogP contribution >= 0.6 is 11.3 Å². The number of methoxy groups -OCH3 is 1. The van der Waals surface area contributed by atoms with E-state index in [9.17, 15) is 19.7 Å². The molecule has 2 aromatic heterocycles. The first-order chi connectivity index (χ1) is 12.3. The Balaban J connectivity index is 2.00. The molecule has 140 valence electrons. The van der Waals surface area contributed by atoms with Gasteiger partial charge in [0, 0.05) is 43.3 Å². The molecule has 0 atom stereocenters. The number of nitro groups is 1. The molecule has 2 aromatic rings. The molecule has 0 aliphatic carbocycles. The second-order valence-corrected chi connectivity index (χ2v) is 6.74. The molecule has 0 saturated carbocycles. The van der Waals surface area contributed by atoms with Gasteiger partial charge in [0.15, 0.2) is 6.61 Å². The minimum absolute atomic E-state index is 0.0922. The standard InChI is InChI=1S/C17H20N2O6S/c1-11-9-13(12(2)18(11)7-4-8-24-3)14(20)10-25-17(21)15-5-6-16(26-15)19(22)23/h5-6,9H,4,7-8,10H2,1-3H3. The smallest absolute Gasteiger partial charge is 0.349 e. The summed E-state index contributed by atoms with van der Waals surface area (Å²) in [4.78, 5) is 34.5. The molecule has 2 rings (SSSR count). The summed E-state index contributed by atoms with van der Waals surface area (Å²) in [5.41, 5.74) is 2.26. The lowest BCUT2D eigenvalue weighted by Crippen LogP contribution is -2.14. The quantitative estimate of drug-likeness (QED) is 0.218. The topological polar surface area (TPSA) is 101 Å². The first-order valence-electron chi connectivity index (χ1n) is 7.95. The van der Waals surface area contributed by atoms with Gasteiger partial charge in [-0.1, -0.05) is 11.3 Å². The van der Waals surface area contributed by atoms with E-state index < -0.39 is 17.5 Å². The number of aryl methyl sites for hydroxylation is 1. The molecule has 0 aliphatic rings. The fourth-order valence-electron chi connectivity index (χ4n) is 2.61. The van der Waals surface area contributed by atoms with Crippen LogP contribution in [-0.2, 0) is 16.0 Å². The van der Waals surface area contributed by atoms with Crippen LogP contribution in [0.2, 0.25) is 0 Å². The Kier molecular flexibility index (Phi) is 6.64. The summed E-state index contributed by atoms with van der Waals surface area (Å²) in [6, 6.07) is 4.32. The van der Waals surface area contributed by atoms with Crippen molar-refractivity contribution in [1.29, 1.82) is 0 Å². The molecule has 0 amide bonds. The first-order valence-corrected chi connectivity index (χ1v) is 8.77. The van der Waals surface area contributed by atoms with Gasteiger partial charge in [-0.15, -0.1) is 0 Å². The second kappa shape index (κ2) is 8.72. The lowest BCUT2D eigenvalue weighted by atomic mass is 10.1. The Morgan fingerprint density at radius 3 is 2.65 bits per heavy atom. The predicted octanol–water partition coefficient (Wildman–Crippen LogP) is 3.15. The number of nitrogens with zero attached hydrogens (tertiary/aromatic N) is 2. The molecule has 0 saturated heterocycles. The fourth-order valence-corrected chi connectivity index (χ4v) is 3.32. The van der Waals surface area contributed by atoms with Crippen molar-refractivity contribution in [3.05, 3.63) is 50.1 Å². The second-order valence-electron chi connectivity index (χ2n) is 5.68. The third kappa shape index (κ3) is 4.55. The zero-order valence-electron chi connectivity index (χ0n) is 14.8. The number of rotatable bonds is 9. The predicted molar refractivity (Wildman–Crippen MR) is 96.0 cm³/mol. The molecule has 26 heavy (non-hydrogen) atoms. The highest BCUT2D eigenvalue weighted by Gasteiger charge is 2.20. The summed E-state index contributed by atoms with van der Waals surface area (Å²) >= 11 is 0.717. The van der Waals surface area contributed by atoms with Crippen LogP contribution in [0.1, 0.15) is 37.8 Å². The minimum atomic E-state index is -0.745. The number of thiophene rings is 1. The van der Waals surface area contributed by atoms with Crippen LogP contribution in [0.25, 0.3) is 0 Å². The SMILES string of the molecule is COCCCn1c(C)cc(C(=O)COC(=O)c2ccc([N+](=O)[O-])s2)c1C. The van der Waals surface area contributed by atoms with E-state index in [1.807, 2.05) is 18.4 Å². The van der Waals surface area contributed by atoms with Gasteiger partial charge in [0.1, 0.15) is 4.88 Å². The van der Waals surface area contributed by atoms with Crippen LogP contribution in [0.5, 0.6) is 0 Å². The summed E-state index contributed by atoms with van der Waals surface area (Å²) in [6.45, 7) is 4.71. The number of esters is 1. The number of carbonyl (C=O) groups excluding carboxylic acids is 2. The molecule has 8 nitrogen and oxygen atoms in total. The van der Waals surface area contributed by atoms with E-state index in [-0.39, 0.29) is 15.7 Å². The van der Waals surface area contributed by atoms with Crippen molar-refractivity contribution in [2.45, 2.75) is 26.8 Å². The molecule has 0 N–H and O–H groups in total. The first kappa shape index (κ1) is 19.8. The zero-order valence-corrected chi connectivity index (χ0v) is 15.6. The zero-order chi connectivity index (χ0) is 19.3. The van der Waals surface area contributed by atoms with Crippen LogP contribution in [-0.4, -0.2) is 41.6 Å². The van der Waals surface area contributed by atoms with Gasteiger partial charge in [-0.05, 0) is 32.4 Å². The summed E-state index contributed by atoms with van der Waals surface area (Å²) in [5.74, 6) is -1.05. The maximum Gasteiger partial charge on any atom is 0.349 e. The third-order valence-electron chi connectivity index (χ3n) is 3.91. The van der Waals surface area contributed by atoms with Gasteiger partial charge in [-0.3, -0.25) is 14.9 Å². The van der Waals surface area contributed by atoms with E-state index in [2.05, 4.69) is 0 Å². The van der Waals surface area contributed by atoms with Crippen LogP contribution < -0.4 is 0 Å². The third-order valence-corrected chi connectivity index (χ3v) is 4.93. The van der Waals surface area contributed by atoms with E-state index in [1.165, 1.54) is 12.1 Å². The highest BCUT2D eigenvalue weighted by atomic mass is 32.1. The summed E-state index contributed by atoms with van der Waals surface area (Å²) in [6.07, 6.45) is 0.826. The summed E-state index contributed by atoms with van der Waals surface area (Å²) in [5, 5.41) is 10.5. The molecular formula is C17H20N2O6S. The summed E-state index contributed by atoms with van der Waals surface area (Å²) in [7, 11) is 1.64. The fraction of sp³-hybridized carbons (Fsp3) is 0.412. The van der Waals surface area contributed by atoms with E-state index in [1.54, 1.807) is 13.2 Å². The molecule has 0 aliphatic heterocycles. The highest BCUT2D eigenvalue weighted by Crippen LogP contribution is 2.24. The van der Waals surface area contributed by atoms with E-state index in [0.29, 0.717) is 23.5 Å². The molecule has 2 heterocycles. The number of ether oxygens (including phenoxy) is 2. The van der Waals surface area contributed by atoms with Crippen LogP contribution in [0.4, 0.5) is 5.00 Å². The van der Waals surface area contributed by atoms with Crippen LogP contribution in [0.3, 0.4) is 0 Å². The van der Waals surface area contributed by atoms with E-state index in [4.69, 9.17) is 9.47 Å². The van der Waals surface area contributed by atoms with Gasteiger partial charge in [0.2, 0.25) is 5.78 Å². The highest BCUT2D eigenvalue weighted by molar-refractivity contribution is 7.17. The van der Waals surface area contributed by atoms with Crippen molar-refractivity contribution in [3.63, 3.8) is 0 Å². The Hall–Kier alpha value is -2.52. The summed E-state index contributed by atoms with van der Waals surface area (Å²) < 4.78 is 12.1. The van der Waals surface area contributed by atoms with Crippen LogP contribution in [0.15, 0.2) is 18.2 Å². The van der Waals surface area contributed by atoms with Crippen molar-refractivity contribution >= 4 is 28.1 Å². The number of hydrogen-bond donors (Lipinski definition) is 0. The number of aromatic nitrogens is 1. The van der Waals surface area contributed by atoms with Crippen molar-refractivity contribution in [2.24, 2.45) is 0 Å². The van der Waals surface area contributed by atoms with E-state index >= 15 is 0 Å². The Bertz CT molecular complexity index is 823. The van der Waals surface area contributed by atoms with Crippen LogP contribution in [0, 0.1) is 24.0 Å². The van der Waals surface area contributed by atoms with Gasteiger partial charge in [0.25, 0.3) is 0 Å². The molecule has 0 fully saturated rings. The number of Topliss-reactive ketones (excluding diaryl/α,β-unsaturated/α-hetero) is 1. The Morgan fingerprint density at radius 2 is 2.04 bits per heavy atom. The normalized spacial score (nSPS) is 10.7. The molecule has 0 unspecified atom stereocenters. The molecule has 0 aromatic carbocycles. The van der Waals surface area contributed by atoms with Crippen molar-refractivity contribution in [2.75, 3.05) is 20.3 Å². The lowest BCUT2D eigenvalue weighted by Gasteiger charge is -2.09. The maximum absolute atomic E-state index is 12.4. The van der Waals surface area contributed by atoms with Gasteiger partial charge in [-0.2, -0.15) is 0 Å². The Morgan fingerprint density at radius 1 is 1.31 bits per heavy atom. The van der Waals surface area contributed by atoms with Gasteiger partial charge >= 0.3 is 11.0 Å². The van der Waals surface area contributed by atoms with Gasteiger partial charge < -0.3 is 14.0 Å². The minimum Gasteiger partial charge on any atom is -0.453 e. The van der Waals surface area contributed by atoms with E-state index in [0.717, 1.165) is 24.4 Å². The number of carbonyl (C=O) groups is 2. The van der Waals surface area contributed by atoms with Crippen molar-refractivity contribution < 1.29 is 24.0 Å². The average molecular weight is 380 g/mol. The average Bonchev–Trinajstić information content (AvgIpc) is 3.20. The van der Waals surface area contributed by atoms with Gasteiger partial charge in [-0.25, -0.2) is 4.79 Å². The Labute approximate surface area is 154 Å². The molecule has 0 spiro atoms. The van der Waals surface area contributed by atoms with Crippen molar-refractivity contribution in [1.82, 2.24) is 4.57 Å². The monoisotopic (exact) mass is 380 g/mol. The maximum atomic E-state index is 12.4. The number of ketones is 1. The lowest BCUT2D eigenvalue weighted by molar-refractivity contribution is -0.380. The largest absolute Gasteiger partial charge is 0.453 e.